The molecule has 1 aliphatic carbocycles. The number of hydrogen-bond acceptors (Lipinski definition) is 5. The highest BCUT2D eigenvalue weighted by molar-refractivity contribution is 5.06. The maximum absolute atomic E-state index is 6.19. The Labute approximate surface area is 132 Å². The van der Waals surface area contributed by atoms with E-state index in [2.05, 4.69) is 26.8 Å². The lowest BCUT2D eigenvalue weighted by Gasteiger charge is -2.34. The summed E-state index contributed by atoms with van der Waals surface area (Å²) in [6.07, 6.45) is 11.2. The maximum Gasteiger partial charge on any atom is 0.115 e. The minimum atomic E-state index is 0.377. The van der Waals surface area contributed by atoms with Crippen molar-refractivity contribution in [2.75, 3.05) is 26.7 Å². The van der Waals surface area contributed by atoms with E-state index in [1.165, 1.54) is 37.8 Å². The number of nitrogens with zero attached hydrogens (tertiary/aromatic N) is 4. The van der Waals surface area contributed by atoms with Crippen molar-refractivity contribution >= 4 is 0 Å². The molecule has 2 aliphatic heterocycles. The molecule has 22 heavy (non-hydrogen) atoms. The zero-order valence-electron chi connectivity index (χ0n) is 13.4. The highest BCUT2D eigenvalue weighted by Crippen LogP contribution is 2.36. The molecule has 1 saturated carbocycles. The summed E-state index contributed by atoms with van der Waals surface area (Å²) in [5.41, 5.74) is 1.18. The molecule has 3 aliphatic rings. The third-order valence-electron chi connectivity index (χ3n) is 5.41. The van der Waals surface area contributed by atoms with Gasteiger partial charge < -0.3 is 4.74 Å². The molecule has 0 N–H and O–H groups in total. The first kappa shape index (κ1) is 14.5. The van der Waals surface area contributed by atoms with E-state index in [-0.39, 0.29) is 0 Å². The Kier molecular flexibility index (Phi) is 4.11. The second-order valence-electron chi connectivity index (χ2n) is 7.17. The molecule has 0 radical (unpaired) electrons. The third kappa shape index (κ3) is 3.03. The van der Waals surface area contributed by atoms with Crippen molar-refractivity contribution in [1.82, 2.24) is 19.8 Å². The van der Waals surface area contributed by atoms with E-state index in [9.17, 15) is 0 Å². The number of aromatic nitrogens is 2. The standard InChI is InChI=1S/C17H26N4O/c1-20(9-14-7-18-12-19-8-14)16-11-21(10-13-4-5-13)15-3-2-6-22-17(15)16/h7-8,12-13,15-17H,2-6,9-11H2,1H3/t15-,16+,17+/m1/s1. The maximum atomic E-state index is 6.19. The van der Waals surface area contributed by atoms with Crippen molar-refractivity contribution in [3.8, 4) is 0 Å². The van der Waals surface area contributed by atoms with Crippen LogP contribution in [0.15, 0.2) is 18.7 Å². The summed E-state index contributed by atoms with van der Waals surface area (Å²) in [6, 6.07) is 1.12. The van der Waals surface area contributed by atoms with Crippen LogP contribution in [0.25, 0.3) is 0 Å². The van der Waals surface area contributed by atoms with Crippen LogP contribution in [0.5, 0.6) is 0 Å². The van der Waals surface area contributed by atoms with Crippen molar-refractivity contribution in [2.45, 2.75) is 50.4 Å². The van der Waals surface area contributed by atoms with E-state index in [1.54, 1.807) is 6.33 Å². The van der Waals surface area contributed by atoms with Crippen molar-refractivity contribution in [2.24, 2.45) is 5.92 Å². The smallest absolute Gasteiger partial charge is 0.115 e. The average molecular weight is 302 g/mol. The first-order chi connectivity index (χ1) is 10.8. The topological polar surface area (TPSA) is 41.5 Å². The lowest BCUT2D eigenvalue weighted by molar-refractivity contribution is -0.0381. The van der Waals surface area contributed by atoms with Crippen molar-refractivity contribution < 1.29 is 4.74 Å². The fourth-order valence-electron chi connectivity index (χ4n) is 4.07. The zero-order valence-corrected chi connectivity index (χ0v) is 13.4. The lowest BCUT2D eigenvalue weighted by Crippen LogP contribution is -2.46. The Balaban J connectivity index is 1.45. The summed E-state index contributed by atoms with van der Waals surface area (Å²) >= 11 is 0. The zero-order chi connectivity index (χ0) is 14.9. The first-order valence-electron chi connectivity index (χ1n) is 8.61. The molecule has 0 amide bonds. The number of rotatable bonds is 5. The van der Waals surface area contributed by atoms with Gasteiger partial charge in [-0.15, -0.1) is 0 Å². The second kappa shape index (κ2) is 6.22. The van der Waals surface area contributed by atoms with Gasteiger partial charge >= 0.3 is 0 Å². The molecule has 1 aromatic heterocycles. The SMILES string of the molecule is CN(Cc1cncnc1)[C@H]1CN(CC2CC2)[C@@H]2CCCO[C@@H]21. The van der Waals surface area contributed by atoms with Gasteiger partial charge in [-0.1, -0.05) is 0 Å². The molecule has 0 spiro atoms. The molecular formula is C17H26N4O. The number of ether oxygens (including phenoxy) is 1. The molecule has 120 valence electrons. The summed E-state index contributed by atoms with van der Waals surface area (Å²) in [7, 11) is 2.22. The van der Waals surface area contributed by atoms with Gasteiger partial charge in [0.1, 0.15) is 6.33 Å². The van der Waals surface area contributed by atoms with Gasteiger partial charge in [0.15, 0.2) is 0 Å². The Bertz CT molecular complexity index is 493. The van der Waals surface area contributed by atoms with Crippen LogP contribution in [0.4, 0.5) is 0 Å². The summed E-state index contributed by atoms with van der Waals surface area (Å²) in [4.78, 5) is 13.4. The van der Waals surface area contributed by atoms with E-state index in [1.807, 2.05) is 12.4 Å². The van der Waals surface area contributed by atoms with E-state index in [4.69, 9.17) is 4.74 Å². The van der Waals surface area contributed by atoms with Crippen LogP contribution in [0.1, 0.15) is 31.2 Å². The predicted octanol–water partition coefficient (Wildman–Crippen LogP) is 1.55. The van der Waals surface area contributed by atoms with E-state index in [0.717, 1.165) is 25.6 Å². The average Bonchev–Trinajstić information content (AvgIpc) is 3.29. The van der Waals surface area contributed by atoms with Crippen molar-refractivity contribution in [3.63, 3.8) is 0 Å². The van der Waals surface area contributed by atoms with Crippen LogP contribution >= 0.6 is 0 Å². The second-order valence-corrected chi connectivity index (χ2v) is 7.17. The molecule has 3 fully saturated rings. The third-order valence-corrected chi connectivity index (χ3v) is 5.41. The van der Waals surface area contributed by atoms with Crippen LogP contribution in [-0.4, -0.2) is 64.7 Å². The van der Waals surface area contributed by atoms with E-state index in [0.29, 0.717) is 18.2 Å². The van der Waals surface area contributed by atoms with E-state index >= 15 is 0 Å². The van der Waals surface area contributed by atoms with Crippen LogP contribution in [0, 0.1) is 5.92 Å². The molecule has 5 heteroatoms. The molecule has 3 atom stereocenters. The number of likely N-dealkylation sites (tertiary alicyclic amines) is 1. The first-order valence-corrected chi connectivity index (χ1v) is 8.61. The van der Waals surface area contributed by atoms with Gasteiger partial charge in [-0.3, -0.25) is 9.80 Å². The quantitative estimate of drug-likeness (QED) is 0.825. The molecular weight excluding hydrogens is 276 g/mol. The van der Waals surface area contributed by atoms with Crippen LogP contribution < -0.4 is 0 Å². The highest BCUT2D eigenvalue weighted by atomic mass is 16.5. The van der Waals surface area contributed by atoms with Gasteiger partial charge in [-0.2, -0.15) is 0 Å². The molecule has 2 saturated heterocycles. The number of likely N-dealkylation sites (N-methyl/N-ethyl adjacent to an activating group) is 1. The fraction of sp³-hybridized carbons (Fsp3) is 0.765. The van der Waals surface area contributed by atoms with Crippen LogP contribution in [-0.2, 0) is 11.3 Å². The van der Waals surface area contributed by atoms with Crippen molar-refractivity contribution in [1.29, 1.82) is 0 Å². The Morgan fingerprint density at radius 1 is 1.27 bits per heavy atom. The van der Waals surface area contributed by atoms with Gasteiger partial charge in [-0.05, 0) is 38.6 Å². The summed E-state index contributed by atoms with van der Waals surface area (Å²) in [6.45, 7) is 4.26. The summed E-state index contributed by atoms with van der Waals surface area (Å²) < 4.78 is 6.19. The van der Waals surface area contributed by atoms with E-state index < -0.39 is 0 Å². The van der Waals surface area contributed by atoms with Crippen molar-refractivity contribution in [3.05, 3.63) is 24.3 Å². The Morgan fingerprint density at radius 2 is 2.09 bits per heavy atom. The van der Waals surface area contributed by atoms with Gasteiger partial charge in [0, 0.05) is 50.2 Å². The van der Waals surface area contributed by atoms with Crippen LogP contribution in [0.2, 0.25) is 0 Å². The Hall–Kier alpha value is -1.04. The molecule has 0 aromatic carbocycles. The molecule has 0 bridgehead atoms. The summed E-state index contributed by atoms with van der Waals surface area (Å²) in [5.74, 6) is 0.953. The fourth-order valence-corrected chi connectivity index (χ4v) is 4.07. The molecule has 4 rings (SSSR count). The van der Waals surface area contributed by atoms with Crippen LogP contribution in [0.3, 0.4) is 0 Å². The number of fused-ring (bicyclic) bond motifs is 1. The van der Waals surface area contributed by atoms with Gasteiger partial charge in [-0.25, -0.2) is 9.97 Å². The molecule has 3 heterocycles. The number of hydrogen-bond donors (Lipinski definition) is 0. The molecule has 0 unspecified atom stereocenters. The normalized spacial score (nSPS) is 32.4. The summed E-state index contributed by atoms with van der Waals surface area (Å²) in [5, 5.41) is 0. The molecule has 1 aromatic rings. The highest BCUT2D eigenvalue weighted by Gasteiger charge is 2.46. The minimum absolute atomic E-state index is 0.377. The predicted molar refractivity (Wildman–Crippen MR) is 84.3 cm³/mol. The largest absolute Gasteiger partial charge is 0.375 e. The minimum Gasteiger partial charge on any atom is -0.375 e. The van der Waals surface area contributed by atoms with Gasteiger partial charge in [0.25, 0.3) is 0 Å². The monoisotopic (exact) mass is 302 g/mol. The van der Waals surface area contributed by atoms with Gasteiger partial charge in [0.05, 0.1) is 12.1 Å². The van der Waals surface area contributed by atoms with Gasteiger partial charge in [0.2, 0.25) is 0 Å². The Morgan fingerprint density at radius 3 is 2.86 bits per heavy atom. The molecule has 5 nitrogen and oxygen atoms in total. The lowest BCUT2D eigenvalue weighted by atomic mass is 10.00.